The Hall–Kier alpha value is -1.31. The molecule has 4 heteroatoms. The highest BCUT2D eigenvalue weighted by Gasteiger charge is 1.92. The van der Waals surface area contributed by atoms with E-state index in [1.807, 2.05) is 0 Å². The molecule has 0 aliphatic heterocycles. The van der Waals surface area contributed by atoms with Crippen LogP contribution in [0.2, 0.25) is 0 Å². The van der Waals surface area contributed by atoms with Crippen LogP contribution in [0.1, 0.15) is 18.2 Å². The fourth-order valence-electron chi connectivity index (χ4n) is 0.905. The minimum absolute atomic E-state index is 0.0145. The third-order valence-corrected chi connectivity index (χ3v) is 2.27. The summed E-state index contributed by atoms with van der Waals surface area (Å²) in [5.74, 6) is 6.13. The van der Waals surface area contributed by atoms with Crippen LogP contribution in [0.4, 0.5) is 0 Å². The van der Waals surface area contributed by atoms with E-state index in [4.69, 9.17) is 5.11 Å². The maximum absolute atomic E-state index is 10.6. The molecule has 0 bridgehead atoms. The second-order valence-electron chi connectivity index (χ2n) is 2.79. The molecule has 1 rings (SSSR count). The molecule has 78 valence electrons. The van der Waals surface area contributed by atoms with Gasteiger partial charge in [0, 0.05) is 13.1 Å². The highest BCUT2D eigenvalue weighted by atomic mass is 32.2. The monoisotopic (exact) mass is 221 g/mol. The van der Waals surface area contributed by atoms with Gasteiger partial charge in [0.1, 0.15) is 5.69 Å². The van der Waals surface area contributed by atoms with Crippen LogP contribution >= 0.6 is 11.8 Å². The predicted molar refractivity (Wildman–Crippen MR) is 60.2 cm³/mol. The molecule has 0 aliphatic carbocycles. The Bertz CT molecular complexity index is 407. The normalized spacial score (nSPS) is 9.20. The maximum Gasteiger partial charge on any atom is 0.186 e. The Morgan fingerprint density at radius 2 is 2.47 bits per heavy atom. The average Bonchev–Trinajstić information content (AvgIpc) is 2.24. The number of hydrogen-bond acceptors (Lipinski definition) is 4. The summed E-state index contributed by atoms with van der Waals surface area (Å²) in [4.78, 5) is 14.6. The molecule has 0 amide bonds. The number of thioether (sulfide) groups is 1. The smallest absolute Gasteiger partial charge is 0.186 e. The van der Waals surface area contributed by atoms with Gasteiger partial charge in [-0.15, -0.1) is 0 Å². The van der Waals surface area contributed by atoms with Crippen molar-refractivity contribution in [2.45, 2.75) is 13.5 Å². The van der Waals surface area contributed by atoms with Gasteiger partial charge in [0.05, 0.1) is 12.4 Å². The zero-order chi connectivity index (χ0) is 11.1. The third-order valence-electron chi connectivity index (χ3n) is 1.57. The molecule has 3 nitrogen and oxygen atoms in total. The first-order chi connectivity index (χ1) is 7.22. The van der Waals surface area contributed by atoms with Crippen LogP contribution in [0.25, 0.3) is 0 Å². The van der Waals surface area contributed by atoms with E-state index in [-0.39, 0.29) is 11.7 Å². The zero-order valence-electron chi connectivity index (χ0n) is 8.36. The number of aromatic nitrogens is 1. The first kappa shape index (κ1) is 11.8. The van der Waals surface area contributed by atoms with Crippen molar-refractivity contribution in [3.63, 3.8) is 0 Å². The molecule has 0 radical (unpaired) electrons. The van der Waals surface area contributed by atoms with Gasteiger partial charge in [0.25, 0.3) is 0 Å². The second-order valence-corrected chi connectivity index (χ2v) is 3.94. The fourth-order valence-corrected chi connectivity index (χ4v) is 1.25. The van der Waals surface area contributed by atoms with Crippen molar-refractivity contribution in [2.75, 3.05) is 5.75 Å². The minimum Gasteiger partial charge on any atom is -0.392 e. The number of rotatable bonds is 2. The lowest BCUT2D eigenvalue weighted by Gasteiger charge is -1.94. The SMILES string of the molecule is CC(=O)SCC#Cc1cc(CO)ccn1. The van der Waals surface area contributed by atoms with Crippen molar-refractivity contribution in [2.24, 2.45) is 0 Å². The van der Waals surface area contributed by atoms with Crippen LogP contribution in [0.15, 0.2) is 18.3 Å². The number of carbonyl (C=O) groups is 1. The van der Waals surface area contributed by atoms with Gasteiger partial charge < -0.3 is 5.11 Å². The summed E-state index contributed by atoms with van der Waals surface area (Å²) in [5.41, 5.74) is 1.40. The van der Waals surface area contributed by atoms with Gasteiger partial charge in [-0.05, 0) is 23.6 Å². The zero-order valence-corrected chi connectivity index (χ0v) is 9.17. The summed E-state index contributed by atoms with van der Waals surface area (Å²) in [5, 5.41) is 8.94. The van der Waals surface area contributed by atoms with E-state index < -0.39 is 0 Å². The highest BCUT2D eigenvalue weighted by molar-refractivity contribution is 8.13. The van der Waals surface area contributed by atoms with Crippen molar-refractivity contribution in [1.82, 2.24) is 4.98 Å². The van der Waals surface area contributed by atoms with Gasteiger partial charge in [-0.25, -0.2) is 4.98 Å². The molecule has 15 heavy (non-hydrogen) atoms. The maximum atomic E-state index is 10.6. The molecule has 0 aliphatic rings. The molecule has 0 aromatic carbocycles. The van der Waals surface area contributed by atoms with Crippen molar-refractivity contribution in [1.29, 1.82) is 0 Å². The van der Waals surface area contributed by atoms with Crippen LogP contribution < -0.4 is 0 Å². The Morgan fingerprint density at radius 1 is 1.67 bits per heavy atom. The quantitative estimate of drug-likeness (QED) is 0.762. The number of nitrogens with zero attached hydrogens (tertiary/aromatic N) is 1. The Morgan fingerprint density at radius 3 is 3.13 bits per heavy atom. The molecule has 0 atom stereocenters. The van der Waals surface area contributed by atoms with Crippen LogP contribution in [0.3, 0.4) is 0 Å². The van der Waals surface area contributed by atoms with Crippen LogP contribution in [-0.4, -0.2) is 21.0 Å². The lowest BCUT2D eigenvalue weighted by Crippen LogP contribution is -1.88. The lowest BCUT2D eigenvalue weighted by molar-refractivity contribution is -0.109. The van der Waals surface area contributed by atoms with Crippen molar-refractivity contribution < 1.29 is 9.90 Å². The van der Waals surface area contributed by atoms with Gasteiger partial charge in [-0.1, -0.05) is 17.7 Å². The van der Waals surface area contributed by atoms with Gasteiger partial charge >= 0.3 is 0 Å². The van der Waals surface area contributed by atoms with E-state index in [1.165, 1.54) is 18.7 Å². The Kier molecular flexibility index (Phi) is 4.88. The highest BCUT2D eigenvalue weighted by Crippen LogP contribution is 2.01. The van der Waals surface area contributed by atoms with Crippen molar-refractivity contribution in [3.05, 3.63) is 29.6 Å². The number of aliphatic hydroxyl groups excluding tert-OH is 1. The molecule has 1 heterocycles. The molecule has 0 spiro atoms. The van der Waals surface area contributed by atoms with E-state index >= 15 is 0 Å². The van der Waals surface area contributed by atoms with E-state index in [0.717, 1.165) is 5.56 Å². The van der Waals surface area contributed by atoms with Gasteiger partial charge in [-0.3, -0.25) is 4.79 Å². The largest absolute Gasteiger partial charge is 0.392 e. The molecular weight excluding hydrogens is 210 g/mol. The molecule has 0 saturated carbocycles. The summed E-state index contributed by atoms with van der Waals surface area (Å²) >= 11 is 1.17. The standard InChI is InChI=1S/C11H11NO2S/c1-9(14)15-6-2-3-11-7-10(8-13)4-5-12-11/h4-5,7,13H,6,8H2,1H3. The molecule has 0 fully saturated rings. The van der Waals surface area contributed by atoms with Crippen molar-refractivity contribution in [3.8, 4) is 11.8 Å². The van der Waals surface area contributed by atoms with Crippen LogP contribution in [-0.2, 0) is 11.4 Å². The fraction of sp³-hybridized carbons (Fsp3) is 0.273. The predicted octanol–water partition coefficient (Wildman–Crippen LogP) is 1.21. The molecular formula is C11H11NO2S. The summed E-state index contributed by atoms with van der Waals surface area (Å²) < 4.78 is 0. The van der Waals surface area contributed by atoms with E-state index in [1.54, 1.807) is 18.3 Å². The molecule has 0 saturated heterocycles. The molecule has 0 unspecified atom stereocenters. The first-order valence-corrected chi connectivity index (χ1v) is 5.39. The van der Waals surface area contributed by atoms with Gasteiger partial charge in [-0.2, -0.15) is 0 Å². The lowest BCUT2D eigenvalue weighted by atomic mass is 10.2. The first-order valence-electron chi connectivity index (χ1n) is 4.40. The molecule has 1 N–H and O–H groups in total. The van der Waals surface area contributed by atoms with E-state index in [9.17, 15) is 4.79 Å². The molecule has 1 aromatic rings. The number of carbonyl (C=O) groups excluding carboxylic acids is 1. The van der Waals surface area contributed by atoms with Gasteiger partial charge in [0.2, 0.25) is 0 Å². The van der Waals surface area contributed by atoms with E-state index in [0.29, 0.717) is 11.4 Å². The van der Waals surface area contributed by atoms with Gasteiger partial charge in [0.15, 0.2) is 5.12 Å². The molecule has 1 aromatic heterocycles. The van der Waals surface area contributed by atoms with Crippen LogP contribution in [0, 0.1) is 11.8 Å². The number of pyridine rings is 1. The summed E-state index contributed by atoms with van der Waals surface area (Å²) in [6.07, 6.45) is 1.60. The second kappa shape index (κ2) is 6.23. The Balaban J connectivity index is 2.59. The topological polar surface area (TPSA) is 50.2 Å². The minimum atomic E-state index is -0.0145. The summed E-state index contributed by atoms with van der Waals surface area (Å²) in [7, 11) is 0. The average molecular weight is 221 g/mol. The summed E-state index contributed by atoms with van der Waals surface area (Å²) in [6, 6.07) is 3.46. The number of aliphatic hydroxyl groups is 1. The van der Waals surface area contributed by atoms with Crippen molar-refractivity contribution >= 4 is 16.9 Å². The van der Waals surface area contributed by atoms with Crippen LogP contribution in [0.5, 0.6) is 0 Å². The Labute approximate surface area is 92.9 Å². The third kappa shape index (κ3) is 4.63. The summed E-state index contributed by atoms with van der Waals surface area (Å²) in [6.45, 7) is 1.50. The van der Waals surface area contributed by atoms with E-state index in [2.05, 4.69) is 16.8 Å². The number of hydrogen-bond donors (Lipinski definition) is 1.